The Morgan fingerprint density at radius 1 is 1.30 bits per heavy atom. The Kier molecular flexibility index (Phi) is 11.8. The third kappa shape index (κ3) is 10.9. The highest BCUT2D eigenvalue weighted by molar-refractivity contribution is 7.84. The van der Waals surface area contributed by atoms with E-state index in [-0.39, 0.29) is 23.0 Å². The molecular formula is C18H35NO3S. The van der Waals surface area contributed by atoms with Crippen molar-refractivity contribution in [2.75, 3.05) is 7.11 Å². The van der Waals surface area contributed by atoms with Crippen molar-refractivity contribution in [3.8, 4) is 12.3 Å². The zero-order valence-electron chi connectivity index (χ0n) is 15.4. The number of methoxy groups -OCH3 is 1. The number of ether oxygens (including phenoxy) is 1. The van der Waals surface area contributed by atoms with Gasteiger partial charge in [-0.1, -0.05) is 13.3 Å². The minimum atomic E-state index is -1.13. The lowest BCUT2D eigenvalue weighted by atomic mass is 10.00. The predicted octanol–water partition coefficient (Wildman–Crippen LogP) is 3.17. The molecule has 0 spiro atoms. The molecule has 4 atom stereocenters. The van der Waals surface area contributed by atoms with Gasteiger partial charge in [-0.2, -0.15) is 0 Å². The fraction of sp³-hybridized carbons (Fsp3) is 0.889. The van der Waals surface area contributed by atoms with Crippen LogP contribution in [0.25, 0.3) is 0 Å². The summed E-state index contributed by atoms with van der Waals surface area (Å²) in [6.07, 6.45) is 10.7. The Morgan fingerprint density at radius 3 is 2.43 bits per heavy atom. The summed E-state index contributed by atoms with van der Waals surface area (Å²) in [6.45, 7) is 7.90. The number of nitrogens with one attached hydrogen (secondary N) is 1. The Hall–Kier alpha value is -0.410. The monoisotopic (exact) mass is 345 g/mol. The number of aliphatic hydroxyl groups excluding tert-OH is 1. The van der Waals surface area contributed by atoms with Crippen molar-refractivity contribution < 1.29 is 14.1 Å². The maximum absolute atomic E-state index is 12.3. The van der Waals surface area contributed by atoms with Crippen molar-refractivity contribution in [1.29, 1.82) is 0 Å². The van der Waals surface area contributed by atoms with Crippen LogP contribution in [0.2, 0.25) is 0 Å². The van der Waals surface area contributed by atoms with Crippen LogP contribution in [-0.2, 0) is 15.7 Å². The first-order chi connectivity index (χ1) is 10.7. The van der Waals surface area contributed by atoms with Gasteiger partial charge >= 0.3 is 0 Å². The van der Waals surface area contributed by atoms with Crippen LogP contribution in [0.15, 0.2) is 0 Å². The molecule has 4 nitrogen and oxygen atoms in total. The van der Waals surface area contributed by atoms with Gasteiger partial charge in [0.2, 0.25) is 0 Å². The van der Waals surface area contributed by atoms with Crippen LogP contribution in [0, 0.1) is 12.3 Å². The Bertz CT molecular complexity index is 373. The summed E-state index contributed by atoms with van der Waals surface area (Å²) in [7, 11) is 0.546. The van der Waals surface area contributed by atoms with Crippen LogP contribution in [-0.4, -0.2) is 39.4 Å². The van der Waals surface area contributed by atoms with Crippen LogP contribution < -0.4 is 4.72 Å². The molecule has 5 heteroatoms. The van der Waals surface area contributed by atoms with Crippen molar-refractivity contribution in [1.82, 2.24) is 4.72 Å². The van der Waals surface area contributed by atoms with E-state index >= 15 is 0 Å². The minimum Gasteiger partial charge on any atom is -0.393 e. The van der Waals surface area contributed by atoms with Crippen molar-refractivity contribution >= 4 is 11.0 Å². The lowest BCUT2D eigenvalue weighted by Crippen LogP contribution is -2.41. The summed E-state index contributed by atoms with van der Waals surface area (Å²) in [5.41, 5.74) is 0. The first kappa shape index (κ1) is 22.6. The summed E-state index contributed by atoms with van der Waals surface area (Å²) in [6, 6.07) is 0.0416. The number of terminal acetylenes is 1. The van der Waals surface area contributed by atoms with Gasteiger partial charge in [-0.15, -0.1) is 12.3 Å². The minimum absolute atomic E-state index is 0.0416. The molecule has 0 heterocycles. The second-order valence-corrected chi connectivity index (χ2v) is 9.07. The Balaban J connectivity index is 4.54. The van der Waals surface area contributed by atoms with E-state index in [1.54, 1.807) is 7.11 Å². The highest BCUT2D eigenvalue weighted by atomic mass is 32.2. The summed E-state index contributed by atoms with van der Waals surface area (Å²) in [5, 5.41) is 10.1. The van der Waals surface area contributed by atoms with Crippen LogP contribution in [0.4, 0.5) is 0 Å². The molecule has 23 heavy (non-hydrogen) atoms. The molecule has 136 valence electrons. The molecule has 0 amide bonds. The average Bonchev–Trinajstić information content (AvgIpc) is 2.45. The molecule has 0 aromatic carbocycles. The second kappa shape index (κ2) is 12.0. The maximum Gasteiger partial charge on any atom is 0.0972 e. The summed E-state index contributed by atoms with van der Waals surface area (Å²) < 4.78 is 20.6. The molecule has 0 saturated heterocycles. The number of aliphatic hydroxyl groups is 1. The molecule has 0 radical (unpaired) electrons. The molecule has 0 saturated carbocycles. The zero-order chi connectivity index (χ0) is 17.9. The molecule has 0 fully saturated rings. The molecule has 2 N–H and O–H groups in total. The molecule has 0 aliphatic rings. The van der Waals surface area contributed by atoms with Gasteiger partial charge in [0.1, 0.15) is 0 Å². The number of hydrogen-bond donors (Lipinski definition) is 2. The van der Waals surface area contributed by atoms with Gasteiger partial charge in [-0.3, -0.25) is 0 Å². The summed E-state index contributed by atoms with van der Waals surface area (Å²) in [5.74, 6) is 2.63. The molecule has 0 aromatic rings. The topological polar surface area (TPSA) is 58.6 Å². The summed E-state index contributed by atoms with van der Waals surface area (Å²) >= 11 is 0. The van der Waals surface area contributed by atoms with Gasteiger partial charge in [0.25, 0.3) is 0 Å². The Labute approximate surface area is 145 Å². The third-order valence-corrected chi connectivity index (χ3v) is 5.43. The molecule has 0 aliphatic carbocycles. The molecule has 0 aliphatic heterocycles. The van der Waals surface area contributed by atoms with Crippen LogP contribution >= 0.6 is 0 Å². The molecule has 2 unspecified atom stereocenters. The fourth-order valence-corrected chi connectivity index (χ4v) is 3.23. The lowest BCUT2D eigenvalue weighted by molar-refractivity contribution is 0.0950. The van der Waals surface area contributed by atoms with E-state index in [2.05, 4.69) is 17.6 Å². The highest BCUT2D eigenvalue weighted by Crippen LogP contribution is 2.17. The van der Waals surface area contributed by atoms with E-state index in [0.29, 0.717) is 12.8 Å². The SMILES string of the molecule is C#CCC(CCCC(C[C@H](O)CCC)N[S@](=O)C(C)(C)C)OC. The molecule has 0 rings (SSSR count). The fourth-order valence-electron chi connectivity index (χ4n) is 2.36. The van der Waals surface area contributed by atoms with Gasteiger partial charge in [-0.25, -0.2) is 8.93 Å². The van der Waals surface area contributed by atoms with E-state index in [1.807, 2.05) is 20.8 Å². The van der Waals surface area contributed by atoms with E-state index in [9.17, 15) is 9.32 Å². The van der Waals surface area contributed by atoms with Crippen molar-refractivity contribution in [3.63, 3.8) is 0 Å². The average molecular weight is 346 g/mol. The molecule has 0 aromatic heterocycles. The quantitative estimate of drug-likeness (QED) is 0.534. The molecular weight excluding hydrogens is 310 g/mol. The normalized spacial score (nSPS) is 17.3. The van der Waals surface area contributed by atoms with Crippen molar-refractivity contribution in [2.45, 2.75) is 95.6 Å². The Morgan fingerprint density at radius 2 is 1.96 bits per heavy atom. The predicted molar refractivity (Wildman–Crippen MR) is 98.4 cm³/mol. The third-order valence-electron chi connectivity index (χ3n) is 3.77. The first-order valence-corrected chi connectivity index (χ1v) is 9.71. The van der Waals surface area contributed by atoms with Gasteiger partial charge in [0, 0.05) is 19.6 Å². The van der Waals surface area contributed by atoms with E-state index < -0.39 is 11.0 Å². The number of hydrogen-bond acceptors (Lipinski definition) is 3. The standard InChI is InChI=1S/C18H35NO3S/c1-7-10-16(20)14-15(19-23(21)18(3,4)5)12-9-13-17(22-6)11-8-2/h2,15-17,19-20H,7,9-14H2,1,3-6H3/t15?,16-,17?,23-/m1/s1. The first-order valence-electron chi connectivity index (χ1n) is 8.56. The van der Waals surface area contributed by atoms with Crippen LogP contribution in [0.1, 0.15) is 72.6 Å². The van der Waals surface area contributed by atoms with E-state index in [4.69, 9.17) is 11.2 Å². The second-order valence-electron chi connectivity index (χ2n) is 7.07. The zero-order valence-corrected chi connectivity index (χ0v) is 16.2. The van der Waals surface area contributed by atoms with Crippen molar-refractivity contribution in [3.05, 3.63) is 0 Å². The van der Waals surface area contributed by atoms with E-state index in [1.165, 1.54) is 0 Å². The summed E-state index contributed by atoms with van der Waals surface area (Å²) in [4.78, 5) is 0. The lowest BCUT2D eigenvalue weighted by Gasteiger charge is -2.26. The number of rotatable bonds is 12. The van der Waals surface area contributed by atoms with Gasteiger partial charge < -0.3 is 9.84 Å². The van der Waals surface area contributed by atoms with E-state index in [0.717, 1.165) is 32.1 Å². The van der Waals surface area contributed by atoms with Gasteiger partial charge in [-0.05, 0) is 52.9 Å². The smallest absolute Gasteiger partial charge is 0.0972 e. The van der Waals surface area contributed by atoms with Crippen LogP contribution in [0.5, 0.6) is 0 Å². The molecule has 0 bridgehead atoms. The van der Waals surface area contributed by atoms with Gasteiger partial charge in [0.15, 0.2) is 0 Å². The largest absolute Gasteiger partial charge is 0.393 e. The van der Waals surface area contributed by atoms with Crippen LogP contribution in [0.3, 0.4) is 0 Å². The van der Waals surface area contributed by atoms with Crippen molar-refractivity contribution in [2.24, 2.45) is 0 Å². The highest BCUT2D eigenvalue weighted by Gasteiger charge is 2.24. The van der Waals surface area contributed by atoms with Gasteiger partial charge in [0.05, 0.1) is 27.9 Å². The maximum atomic E-state index is 12.3.